The highest BCUT2D eigenvalue weighted by atomic mass is 79.9. The van der Waals surface area contributed by atoms with Crippen molar-refractivity contribution in [3.63, 3.8) is 0 Å². The number of hydrogen-bond donors (Lipinski definition) is 1. The maximum Gasteiger partial charge on any atom is 0.0524 e. The van der Waals surface area contributed by atoms with Gasteiger partial charge in [0.1, 0.15) is 0 Å². The van der Waals surface area contributed by atoms with E-state index in [1.807, 2.05) is 0 Å². The van der Waals surface area contributed by atoms with E-state index < -0.39 is 0 Å². The van der Waals surface area contributed by atoms with Crippen LogP contribution in [-0.2, 0) is 18.4 Å². The Kier molecular flexibility index (Phi) is 2.97. The first kappa shape index (κ1) is 12.9. The van der Waals surface area contributed by atoms with Gasteiger partial charge < -0.3 is 9.88 Å². The van der Waals surface area contributed by atoms with Crippen LogP contribution in [0.3, 0.4) is 0 Å². The summed E-state index contributed by atoms with van der Waals surface area (Å²) in [6, 6.07) is 4.95. The Bertz CT molecular complexity index is 667. The second-order valence-corrected chi connectivity index (χ2v) is 7.32. The van der Waals surface area contributed by atoms with Gasteiger partial charge in [0.15, 0.2) is 0 Å². The average Bonchev–Trinajstić information content (AvgIpc) is 2.72. The van der Waals surface area contributed by atoms with Crippen LogP contribution in [0.15, 0.2) is 22.8 Å². The Morgan fingerprint density at radius 3 is 2.85 bits per heavy atom. The number of aromatic nitrogens is 1. The molecule has 1 fully saturated rings. The Morgan fingerprint density at radius 1 is 1.30 bits per heavy atom. The number of hydrogen-bond acceptors (Lipinski definition) is 1. The number of nitrogens with one attached hydrogen (secondary N) is 1. The van der Waals surface area contributed by atoms with E-state index in [-0.39, 0.29) is 0 Å². The van der Waals surface area contributed by atoms with Crippen LogP contribution >= 0.6 is 15.9 Å². The lowest BCUT2D eigenvalue weighted by Gasteiger charge is -2.43. The first-order chi connectivity index (χ1) is 9.73. The Morgan fingerprint density at radius 2 is 2.15 bits per heavy atom. The van der Waals surface area contributed by atoms with E-state index in [1.165, 1.54) is 47.5 Å². The molecule has 2 nitrogen and oxygen atoms in total. The van der Waals surface area contributed by atoms with E-state index in [0.29, 0.717) is 5.41 Å². The maximum atomic E-state index is 3.76. The molecule has 0 saturated heterocycles. The molecule has 20 heavy (non-hydrogen) atoms. The number of halogens is 1. The summed E-state index contributed by atoms with van der Waals surface area (Å²) < 4.78 is 3.68. The van der Waals surface area contributed by atoms with Gasteiger partial charge in [-0.25, -0.2) is 0 Å². The molecule has 0 spiro atoms. The van der Waals surface area contributed by atoms with Crippen molar-refractivity contribution in [2.24, 2.45) is 0 Å². The standard InChI is InChI=1S/C17H21BrN2/c1-19-11-17(5-3-6-17)13-8-12-4-2-7-20-10-15(18)14(9-13)16(12)20/h8-10,19H,2-7,11H2,1H3. The van der Waals surface area contributed by atoms with Crippen LogP contribution in [0, 0.1) is 0 Å². The van der Waals surface area contributed by atoms with Crippen molar-refractivity contribution in [1.29, 1.82) is 0 Å². The van der Waals surface area contributed by atoms with Crippen molar-refractivity contribution in [1.82, 2.24) is 9.88 Å². The van der Waals surface area contributed by atoms with Crippen LogP contribution in [0.25, 0.3) is 10.9 Å². The van der Waals surface area contributed by atoms with E-state index >= 15 is 0 Å². The van der Waals surface area contributed by atoms with Crippen LogP contribution in [0.1, 0.15) is 36.8 Å². The highest BCUT2D eigenvalue weighted by molar-refractivity contribution is 9.10. The summed E-state index contributed by atoms with van der Waals surface area (Å²) in [5, 5.41) is 4.83. The predicted molar refractivity (Wildman–Crippen MR) is 87.4 cm³/mol. The molecule has 0 amide bonds. The second-order valence-electron chi connectivity index (χ2n) is 6.47. The molecule has 1 saturated carbocycles. The molecule has 1 aromatic carbocycles. The minimum Gasteiger partial charge on any atom is -0.346 e. The lowest BCUT2D eigenvalue weighted by atomic mass is 9.64. The normalized spacial score (nSPS) is 20.1. The smallest absolute Gasteiger partial charge is 0.0524 e. The minimum absolute atomic E-state index is 0.387. The number of benzene rings is 1. The van der Waals surface area contributed by atoms with Gasteiger partial charge in [-0.3, -0.25) is 0 Å². The summed E-state index contributed by atoms with van der Waals surface area (Å²) in [7, 11) is 2.08. The van der Waals surface area contributed by atoms with E-state index in [9.17, 15) is 0 Å². The lowest BCUT2D eigenvalue weighted by Crippen LogP contribution is -2.42. The van der Waals surface area contributed by atoms with Gasteiger partial charge >= 0.3 is 0 Å². The zero-order valence-electron chi connectivity index (χ0n) is 12.0. The van der Waals surface area contributed by atoms with Gasteiger partial charge in [-0.2, -0.15) is 0 Å². The number of likely N-dealkylation sites (N-methyl/N-ethyl adjacent to an activating group) is 1. The summed E-state index contributed by atoms with van der Waals surface area (Å²) in [5.41, 5.74) is 4.96. The molecule has 0 bridgehead atoms. The van der Waals surface area contributed by atoms with Crippen molar-refractivity contribution in [3.8, 4) is 0 Å². The molecule has 0 atom stereocenters. The van der Waals surface area contributed by atoms with Gasteiger partial charge in [0.25, 0.3) is 0 Å². The Labute approximate surface area is 128 Å². The maximum absolute atomic E-state index is 3.76. The molecule has 3 heteroatoms. The van der Waals surface area contributed by atoms with Crippen molar-refractivity contribution in [3.05, 3.63) is 33.9 Å². The van der Waals surface area contributed by atoms with Crippen LogP contribution < -0.4 is 5.32 Å². The predicted octanol–water partition coefficient (Wildman–Crippen LogP) is 3.99. The van der Waals surface area contributed by atoms with Crippen molar-refractivity contribution in [2.75, 3.05) is 13.6 Å². The molecule has 2 aromatic rings. The third-order valence-corrected chi connectivity index (χ3v) is 5.92. The molecule has 0 radical (unpaired) electrons. The van der Waals surface area contributed by atoms with Gasteiger partial charge in [-0.15, -0.1) is 0 Å². The molecule has 2 heterocycles. The van der Waals surface area contributed by atoms with E-state index in [4.69, 9.17) is 0 Å². The van der Waals surface area contributed by atoms with E-state index in [1.54, 1.807) is 11.1 Å². The van der Waals surface area contributed by atoms with Crippen molar-refractivity contribution >= 4 is 26.8 Å². The highest BCUT2D eigenvalue weighted by Crippen LogP contribution is 2.46. The van der Waals surface area contributed by atoms with Crippen LogP contribution in [-0.4, -0.2) is 18.2 Å². The Balaban J connectivity index is 1.92. The topological polar surface area (TPSA) is 17.0 Å². The molecule has 1 N–H and O–H groups in total. The van der Waals surface area contributed by atoms with Gasteiger partial charge in [-0.1, -0.05) is 12.5 Å². The van der Waals surface area contributed by atoms with Gasteiger partial charge in [0.05, 0.1) is 5.52 Å². The number of rotatable bonds is 3. The first-order valence-corrected chi connectivity index (χ1v) is 8.49. The fourth-order valence-corrected chi connectivity index (χ4v) is 4.66. The first-order valence-electron chi connectivity index (χ1n) is 7.70. The third-order valence-electron chi connectivity index (χ3n) is 5.29. The fourth-order valence-electron chi connectivity index (χ4n) is 4.11. The largest absolute Gasteiger partial charge is 0.346 e. The molecular formula is C17H21BrN2. The van der Waals surface area contributed by atoms with Gasteiger partial charge in [-0.05, 0) is 65.9 Å². The molecule has 2 aliphatic rings. The quantitative estimate of drug-likeness (QED) is 0.899. The Hall–Kier alpha value is -0.800. The van der Waals surface area contributed by atoms with E-state index in [0.717, 1.165) is 13.1 Å². The summed E-state index contributed by atoms with van der Waals surface area (Å²) in [5.74, 6) is 0. The second kappa shape index (κ2) is 4.60. The summed E-state index contributed by atoms with van der Waals surface area (Å²) in [4.78, 5) is 0. The van der Waals surface area contributed by atoms with Crippen molar-refractivity contribution < 1.29 is 0 Å². The SMILES string of the molecule is CNCC1(c2cc3c4c(c2)c(Br)cn4CCC3)CCC1. The fraction of sp³-hybridized carbons (Fsp3) is 0.529. The minimum atomic E-state index is 0.387. The highest BCUT2D eigenvalue weighted by Gasteiger charge is 2.38. The monoisotopic (exact) mass is 332 g/mol. The molecule has 1 aliphatic carbocycles. The molecule has 4 rings (SSSR count). The summed E-state index contributed by atoms with van der Waals surface area (Å²) >= 11 is 3.76. The zero-order chi connectivity index (χ0) is 13.7. The molecule has 1 aliphatic heterocycles. The molecule has 106 valence electrons. The molecule has 1 aromatic heterocycles. The van der Waals surface area contributed by atoms with Gasteiger partial charge in [0.2, 0.25) is 0 Å². The summed E-state index contributed by atoms with van der Waals surface area (Å²) in [6.07, 6.45) is 8.80. The van der Waals surface area contributed by atoms with Crippen LogP contribution in [0.2, 0.25) is 0 Å². The number of aryl methyl sites for hydroxylation is 2. The van der Waals surface area contributed by atoms with E-state index in [2.05, 4.69) is 51.2 Å². The molecule has 0 unspecified atom stereocenters. The average molecular weight is 333 g/mol. The molecular weight excluding hydrogens is 312 g/mol. The van der Waals surface area contributed by atoms with Gasteiger partial charge in [0, 0.05) is 34.6 Å². The lowest BCUT2D eigenvalue weighted by molar-refractivity contribution is 0.239. The number of nitrogens with zero attached hydrogens (tertiary/aromatic N) is 1. The third kappa shape index (κ3) is 1.72. The van der Waals surface area contributed by atoms with Crippen molar-refractivity contribution in [2.45, 2.75) is 44.1 Å². The zero-order valence-corrected chi connectivity index (χ0v) is 13.6. The summed E-state index contributed by atoms with van der Waals surface area (Å²) in [6.45, 7) is 2.27. The van der Waals surface area contributed by atoms with Crippen LogP contribution in [0.4, 0.5) is 0 Å². The van der Waals surface area contributed by atoms with Crippen LogP contribution in [0.5, 0.6) is 0 Å².